The van der Waals surface area contributed by atoms with Crippen LogP contribution >= 0.6 is 0 Å². The lowest BCUT2D eigenvalue weighted by Gasteiger charge is -1.99. The first kappa shape index (κ1) is 11.3. The largest absolute Gasteiger partial charge is 0.162 e. The molecule has 3 rings (SSSR count). The lowest BCUT2D eigenvalue weighted by atomic mass is 10.1. The highest BCUT2D eigenvalue weighted by molar-refractivity contribution is 5.69. The molecule has 0 spiro atoms. The summed E-state index contributed by atoms with van der Waals surface area (Å²) in [5, 5.41) is 11.5. The van der Waals surface area contributed by atoms with Gasteiger partial charge in [0.05, 0.1) is 5.69 Å². The van der Waals surface area contributed by atoms with Gasteiger partial charge in [0.15, 0.2) is 6.33 Å². The second kappa shape index (κ2) is 5.27. The van der Waals surface area contributed by atoms with Crippen LogP contribution in [0.5, 0.6) is 0 Å². The molecule has 0 atom stereocenters. The highest BCUT2D eigenvalue weighted by atomic mass is 15.6. The maximum Gasteiger partial charge on any atom is 0.162 e. The quantitative estimate of drug-likeness (QED) is 0.669. The van der Waals surface area contributed by atoms with E-state index in [1.807, 2.05) is 42.5 Å². The van der Waals surface area contributed by atoms with E-state index in [1.165, 1.54) is 16.7 Å². The molecule has 4 heteroatoms. The molecule has 92 valence electrons. The van der Waals surface area contributed by atoms with Crippen molar-refractivity contribution in [1.82, 2.24) is 20.2 Å². The zero-order valence-corrected chi connectivity index (χ0v) is 10.2. The van der Waals surface area contributed by atoms with Crippen molar-refractivity contribution in [3.8, 4) is 5.69 Å². The van der Waals surface area contributed by atoms with Crippen LogP contribution in [0.3, 0.4) is 0 Å². The number of benzene rings is 2. The molecule has 0 fully saturated rings. The molecule has 0 N–H and O–H groups in total. The van der Waals surface area contributed by atoms with E-state index in [9.17, 15) is 0 Å². The molecule has 0 saturated heterocycles. The topological polar surface area (TPSA) is 43.6 Å². The van der Waals surface area contributed by atoms with Crippen molar-refractivity contribution >= 4 is 12.2 Å². The third kappa shape index (κ3) is 2.74. The number of hydrogen-bond donors (Lipinski definition) is 0. The third-order valence-corrected chi connectivity index (χ3v) is 2.74. The molecule has 0 radical (unpaired) electrons. The van der Waals surface area contributed by atoms with Crippen molar-refractivity contribution in [1.29, 1.82) is 0 Å². The molecule has 0 aliphatic carbocycles. The Morgan fingerprint density at radius 1 is 0.789 bits per heavy atom. The van der Waals surface area contributed by atoms with E-state index in [4.69, 9.17) is 0 Å². The molecule has 1 aromatic heterocycles. The molecular formula is C15H12N4. The van der Waals surface area contributed by atoms with Gasteiger partial charge in [-0.05, 0) is 28.5 Å². The summed E-state index contributed by atoms with van der Waals surface area (Å²) < 4.78 is 0. The molecule has 0 aliphatic heterocycles. The Morgan fingerprint density at radius 3 is 2.11 bits per heavy atom. The number of hydrogen-bond acceptors (Lipinski definition) is 3. The predicted octanol–water partition coefficient (Wildman–Crippen LogP) is 2.83. The normalized spacial score (nSPS) is 10.9. The summed E-state index contributed by atoms with van der Waals surface area (Å²) in [5.41, 5.74) is 3.21. The Balaban J connectivity index is 1.78. The molecule has 2 aromatic carbocycles. The third-order valence-electron chi connectivity index (χ3n) is 2.74. The molecule has 19 heavy (non-hydrogen) atoms. The molecule has 0 aliphatic rings. The minimum atomic E-state index is 0.898. The fraction of sp³-hybridized carbons (Fsp3) is 0. The van der Waals surface area contributed by atoms with Crippen molar-refractivity contribution in [2.75, 3.05) is 0 Å². The summed E-state index contributed by atoms with van der Waals surface area (Å²) in [6, 6.07) is 18.2. The average molecular weight is 248 g/mol. The van der Waals surface area contributed by atoms with E-state index in [0.717, 1.165) is 11.3 Å². The van der Waals surface area contributed by atoms with E-state index in [2.05, 4.69) is 39.7 Å². The molecule has 0 bridgehead atoms. The van der Waals surface area contributed by atoms with Gasteiger partial charge in [0, 0.05) is 0 Å². The first-order valence-corrected chi connectivity index (χ1v) is 5.98. The van der Waals surface area contributed by atoms with E-state index < -0.39 is 0 Å². The average Bonchev–Trinajstić information content (AvgIpc) is 3.01. The summed E-state index contributed by atoms with van der Waals surface area (Å²) >= 11 is 0. The molecule has 0 saturated carbocycles. The SMILES string of the molecule is C(=Cc1ccc(-n2ncnn2)cc1)c1ccccc1. The second-order valence-corrected chi connectivity index (χ2v) is 4.06. The van der Waals surface area contributed by atoms with Gasteiger partial charge in [0.1, 0.15) is 0 Å². The maximum absolute atomic E-state index is 3.99. The number of tetrazole rings is 1. The highest BCUT2D eigenvalue weighted by Crippen LogP contribution is 2.11. The molecular weight excluding hydrogens is 236 g/mol. The van der Waals surface area contributed by atoms with Crippen LogP contribution < -0.4 is 0 Å². The van der Waals surface area contributed by atoms with Crippen LogP contribution in [0.2, 0.25) is 0 Å². The minimum Gasteiger partial charge on any atom is -0.135 e. The highest BCUT2D eigenvalue weighted by Gasteiger charge is 1.96. The van der Waals surface area contributed by atoms with Crippen LogP contribution in [-0.4, -0.2) is 20.2 Å². The molecule has 0 amide bonds. The van der Waals surface area contributed by atoms with Crippen molar-refractivity contribution in [3.63, 3.8) is 0 Å². The summed E-state index contributed by atoms with van der Waals surface area (Å²) in [6.07, 6.45) is 5.58. The Kier molecular flexibility index (Phi) is 3.14. The Morgan fingerprint density at radius 2 is 1.47 bits per heavy atom. The van der Waals surface area contributed by atoms with Crippen LogP contribution in [0.4, 0.5) is 0 Å². The minimum absolute atomic E-state index is 0.898. The van der Waals surface area contributed by atoms with E-state index in [0.29, 0.717) is 0 Å². The van der Waals surface area contributed by atoms with Crippen molar-refractivity contribution < 1.29 is 0 Å². The van der Waals surface area contributed by atoms with Gasteiger partial charge in [-0.25, -0.2) is 0 Å². The van der Waals surface area contributed by atoms with Gasteiger partial charge in [0.25, 0.3) is 0 Å². The second-order valence-electron chi connectivity index (χ2n) is 4.06. The van der Waals surface area contributed by atoms with Crippen LogP contribution in [0.15, 0.2) is 60.9 Å². The fourth-order valence-corrected chi connectivity index (χ4v) is 1.76. The van der Waals surface area contributed by atoms with Gasteiger partial charge in [-0.3, -0.25) is 0 Å². The van der Waals surface area contributed by atoms with Crippen LogP contribution in [0, 0.1) is 0 Å². The predicted molar refractivity (Wildman–Crippen MR) is 74.5 cm³/mol. The monoisotopic (exact) mass is 248 g/mol. The van der Waals surface area contributed by atoms with Crippen LogP contribution in [0.1, 0.15) is 11.1 Å². The van der Waals surface area contributed by atoms with Gasteiger partial charge in [-0.2, -0.15) is 0 Å². The van der Waals surface area contributed by atoms with E-state index in [1.54, 1.807) is 0 Å². The number of rotatable bonds is 3. The molecule has 3 aromatic rings. The maximum atomic E-state index is 3.99. The summed E-state index contributed by atoms with van der Waals surface area (Å²) in [7, 11) is 0. The van der Waals surface area contributed by atoms with Gasteiger partial charge < -0.3 is 0 Å². The summed E-state index contributed by atoms with van der Waals surface area (Å²) in [4.78, 5) is 1.49. The Labute approximate surface area is 111 Å². The lowest BCUT2D eigenvalue weighted by Crippen LogP contribution is -1.98. The van der Waals surface area contributed by atoms with E-state index >= 15 is 0 Å². The van der Waals surface area contributed by atoms with Crippen molar-refractivity contribution in [2.24, 2.45) is 0 Å². The number of aromatic nitrogens is 4. The summed E-state index contributed by atoms with van der Waals surface area (Å²) in [6.45, 7) is 0. The van der Waals surface area contributed by atoms with Gasteiger partial charge >= 0.3 is 0 Å². The Hall–Kier alpha value is -2.75. The van der Waals surface area contributed by atoms with E-state index in [-0.39, 0.29) is 0 Å². The molecule has 4 nitrogen and oxygen atoms in total. The number of nitrogens with zero attached hydrogens (tertiary/aromatic N) is 4. The molecule has 0 unspecified atom stereocenters. The zero-order chi connectivity index (χ0) is 12.9. The van der Waals surface area contributed by atoms with Crippen molar-refractivity contribution in [2.45, 2.75) is 0 Å². The van der Waals surface area contributed by atoms with Gasteiger partial charge in [0.2, 0.25) is 0 Å². The first-order valence-electron chi connectivity index (χ1n) is 5.98. The van der Waals surface area contributed by atoms with Crippen LogP contribution in [-0.2, 0) is 0 Å². The van der Waals surface area contributed by atoms with Gasteiger partial charge in [-0.1, -0.05) is 54.6 Å². The van der Waals surface area contributed by atoms with Crippen LogP contribution in [0.25, 0.3) is 17.8 Å². The fourth-order valence-electron chi connectivity index (χ4n) is 1.76. The molecule has 1 heterocycles. The smallest absolute Gasteiger partial charge is 0.135 e. The zero-order valence-electron chi connectivity index (χ0n) is 10.2. The standard InChI is InChI=1S/C15H12N4/c1-2-4-13(5-3-1)6-7-14-8-10-15(11-9-14)19-17-12-16-18-19/h1-12H. The Bertz CT molecular complexity index is 655. The lowest BCUT2D eigenvalue weighted by molar-refractivity contribution is 0.720. The van der Waals surface area contributed by atoms with Gasteiger partial charge in [-0.15, -0.1) is 15.0 Å². The first-order chi connectivity index (χ1) is 9.42. The summed E-state index contributed by atoms with van der Waals surface area (Å²) in [5.74, 6) is 0. The van der Waals surface area contributed by atoms with Crippen molar-refractivity contribution in [3.05, 3.63) is 72.1 Å².